The Morgan fingerprint density at radius 2 is 1.88 bits per heavy atom. The molecule has 0 aliphatic carbocycles. The molecule has 1 amide bonds. The van der Waals surface area contributed by atoms with Gasteiger partial charge in [0, 0.05) is 0 Å². The van der Waals surface area contributed by atoms with Crippen molar-refractivity contribution in [2.24, 2.45) is 4.99 Å². The lowest BCUT2D eigenvalue weighted by molar-refractivity contribution is -0.115. The van der Waals surface area contributed by atoms with Gasteiger partial charge in [0.15, 0.2) is 5.17 Å². The van der Waals surface area contributed by atoms with Crippen LogP contribution in [0, 0.1) is 0 Å². The first-order chi connectivity index (χ1) is 11.5. The predicted molar refractivity (Wildman–Crippen MR) is 100 cm³/mol. The molecule has 4 nitrogen and oxygen atoms in total. The summed E-state index contributed by atoms with van der Waals surface area (Å²) in [6.07, 6.45) is 1.80. The molecule has 1 aliphatic rings. The number of rotatable bonds is 3. The zero-order chi connectivity index (χ0) is 17.1. The van der Waals surface area contributed by atoms with E-state index in [2.05, 4.69) is 10.3 Å². The maximum Gasteiger partial charge on any atom is 0.264 e. The smallest absolute Gasteiger partial charge is 0.264 e. The average molecular weight is 379 g/mol. The molecule has 3 rings (SSSR count). The standard InChI is InChI=1S/C17H12Cl2N2O2S/c1-23-12-5-2-10(3-6-12)8-15-16(22)21-17(24-15)20-11-4-7-13(18)14(19)9-11/h2-9H,1H3,(H,20,21,22). The quantitative estimate of drug-likeness (QED) is 0.773. The second-order valence-corrected chi connectivity index (χ2v) is 6.70. The number of hydrogen-bond donors (Lipinski definition) is 1. The molecule has 122 valence electrons. The number of nitrogens with zero attached hydrogens (tertiary/aromatic N) is 1. The van der Waals surface area contributed by atoms with Crippen LogP contribution in [-0.2, 0) is 4.79 Å². The number of aliphatic imine (C=N–C) groups is 1. The van der Waals surface area contributed by atoms with Gasteiger partial charge in [0.2, 0.25) is 0 Å². The van der Waals surface area contributed by atoms with Crippen LogP contribution in [-0.4, -0.2) is 18.2 Å². The van der Waals surface area contributed by atoms with Crippen LogP contribution >= 0.6 is 35.0 Å². The van der Waals surface area contributed by atoms with E-state index in [9.17, 15) is 4.79 Å². The molecule has 1 aliphatic heterocycles. The summed E-state index contributed by atoms with van der Waals surface area (Å²) in [7, 11) is 1.61. The monoisotopic (exact) mass is 378 g/mol. The highest BCUT2D eigenvalue weighted by Gasteiger charge is 2.23. The Kier molecular flexibility index (Phi) is 5.14. The fourth-order valence-electron chi connectivity index (χ4n) is 2.00. The van der Waals surface area contributed by atoms with E-state index in [1.807, 2.05) is 24.3 Å². The third-order valence-corrected chi connectivity index (χ3v) is 4.85. The number of hydrogen-bond acceptors (Lipinski definition) is 4. The van der Waals surface area contributed by atoms with Crippen LogP contribution in [0.15, 0.2) is 52.4 Å². The summed E-state index contributed by atoms with van der Waals surface area (Å²) in [5.41, 5.74) is 1.53. The minimum atomic E-state index is -0.186. The van der Waals surface area contributed by atoms with E-state index >= 15 is 0 Å². The number of methoxy groups -OCH3 is 1. The molecule has 7 heteroatoms. The molecule has 0 saturated carbocycles. The van der Waals surface area contributed by atoms with Gasteiger partial charge in [-0.2, -0.15) is 0 Å². The molecule has 0 unspecified atom stereocenters. The summed E-state index contributed by atoms with van der Waals surface area (Å²) in [5, 5.41) is 4.11. The number of nitrogens with one attached hydrogen (secondary N) is 1. The molecular weight excluding hydrogens is 367 g/mol. The zero-order valence-corrected chi connectivity index (χ0v) is 14.9. The first-order valence-electron chi connectivity index (χ1n) is 6.94. The molecule has 0 radical (unpaired) electrons. The van der Waals surface area contributed by atoms with Crippen molar-refractivity contribution >= 4 is 57.8 Å². The predicted octanol–water partition coefficient (Wildman–Crippen LogP) is 4.89. The van der Waals surface area contributed by atoms with Crippen LogP contribution in [0.4, 0.5) is 5.69 Å². The van der Waals surface area contributed by atoms with E-state index in [-0.39, 0.29) is 5.91 Å². The zero-order valence-electron chi connectivity index (χ0n) is 12.5. The Labute approximate surface area is 153 Å². The fraction of sp³-hybridized carbons (Fsp3) is 0.0588. The second-order valence-electron chi connectivity index (χ2n) is 4.85. The third kappa shape index (κ3) is 3.93. The summed E-state index contributed by atoms with van der Waals surface area (Å²) in [6.45, 7) is 0. The van der Waals surface area contributed by atoms with Crippen molar-refractivity contribution in [2.75, 3.05) is 7.11 Å². The molecule has 1 saturated heterocycles. The van der Waals surface area contributed by atoms with Gasteiger partial charge >= 0.3 is 0 Å². The number of carbonyl (C=O) groups is 1. The molecule has 0 bridgehead atoms. The Balaban J connectivity index is 1.80. The minimum Gasteiger partial charge on any atom is -0.497 e. The molecule has 1 N–H and O–H groups in total. The van der Waals surface area contributed by atoms with Gasteiger partial charge in [0.25, 0.3) is 5.91 Å². The van der Waals surface area contributed by atoms with Crippen molar-refractivity contribution in [1.82, 2.24) is 5.32 Å². The molecule has 2 aromatic rings. The van der Waals surface area contributed by atoms with E-state index in [4.69, 9.17) is 27.9 Å². The summed E-state index contributed by atoms with van der Waals surface area (Å²) < 4.78 is 5.12. The SMILES string of the molecule is COc1ccc(C=C2SC(=Nc3ccc(Cl)c(Cl)c3)NC2=O)cc1. The highest BCUT2D eigenvalue weighted by molar-refractivity contribution is 8.18. The van der Waals surface area contributed by atoms with E-state index < -0.39 is 0 Å². The highest BCUT2D eigenvalue weighted by Crippen LogP contribution is 2.31. The number of amides is 1. The van der Waals surface area contributed by atoms with Crippen molar-refractivity contribution in [3.63, 3.8) is 0 Å². The van der Waals surface area contributed by atoms with Gasteiger partial charge in [-0.3, -0.25) is 4.79 Å². The first-order valence-corrected chi connectivity index (χ1v) is 8.51. The molecule has 0 aromatic heterocycles. The van der Waals surface area contributed by atoms with Crippen molar-refractivity contribution in [1.29, 1.82) is 0 Å². The molecule has 1 fully saturated rings. The lowest BCUT2D eigenvalue weighted by Crippen LogP contribution is -2.19. The van der Waals surface area contributed by atoms with Crippen LogP contribution in [0.3, 0.4) is 0 Å². The van der Waals surface area contributed by atoms with E-state index in [0.717, 1.165) is 11.3 Å². The Bertz CT molecular complexity index is 848. The van der Waals surface area contributed by atoms with E-state index in [1.165, 1.54) is 11.8 Å². The van der Waals surface area contributed by atoms with Gasteiger partial charge in [-0.1, -0.05) is 35.3 Å². The maximum absolute atomic E-state index is 12.1. The van der Waals surface area contributed by atoms with Gasteiger partial charge in [0.05, 0.1) is 27.7 Å². The average Bonchev–Trinajstić information content (AvgIpc) is 2.91. The minimum absolute atomic E-state index is 0.186. The molecule has 2 aromatic carbocycles. The summed E-state index contributed by atoms with van der Waals surface area (Å²) in [4.78, 5) is 17.0. The number of carbonyl (C=O) groups excluding carboxylic acids is 1. The summed E-state index contributed by atoms with van der Waals surface area (Å²) in [5.74, 6) is 0.581. The van der Waals surface area contributed by atoms with Crippen LogP contribution < -0.4 is 10.1 Å². The molecule has 0 atom stereocenters. The van der Waals surface area contributed by atoms with Crippen molar-refractivity contribution in [2.45, 2.75) is 0 Å². The topological polar surface area (TPSA) is 50.7 Å². The summed E-state index contributed by atoms with van der Waals surface area (Å²) >= 11 is 13.1. The normalized spacial score (nSPS) is 17.4. The van der Waals surface area contributed by atoms with Crippen molar-refractivity contribution in [3.05, 3.63) is 63.0 Å². The second kappa shape index (κ2) is 7.30. The Hall–Kier alpha value is -1.95. The number of thioether (sulfide) groups is 1. The number of ether oxygens (including phenoxy) is 1. The lowest BCUT2D eigenvalue weighted by Gasteiger charge is -1.99. The number of halogens is 2. The van der Waals surface area contributed by atoms with Gasteiger partial charge in [0.1, 0.15) is 5.75 Å². The lowest BCUT2D eigenvalue weighted by atomic mass is 10.2. The molecule has 1 heterocycles. The van der Waals surface area contributed by atoms with Gasteiger partial charge < -0.3 is 10.1 Å². The highest BCUT2D eigenvalue weighted by atomic mass is 35.5. The van der Waals surface area contributed by atoms with Crippen LogP contribution in [0.2, 0.25) is 10.0 Å². The molecular formula is C17H12Cl2N2O2S. The number of amidine groups is 1. The first kappa shape index (κ1) is 16.9. The maximum atomic E-state index is 12.1. The Morgan fingerprint density at radius 1 is 1.12 bits per heavy atom. The van der Waals surface area contributed by atoms with Crippen molar-refractivity contribution < 1.29 is 9.53 Å². The third-order valence-electron chi connectivity index (χ3n) is 3.20. The van der Waals surface area contributed by atoms with Crippen molar-refractivity contribution in [3.8, 4) is 5.75 Å². The Morgan fingerprint density at radius 3 is 2.54 bits per heavy atom. The summed E-state index contributed by atoms with van der Waals surface area (Å²) in [6, 6.07) is 12.5. The number of benzene rings is 2. The fourth-order valence-corrected chi connectivity index (χ4v) is 3.14. The van der Waals surface area contributed by atoms with E-state index in [0.29, 0.717) is 25.8 Å². The molecule has 0 spiro atoms. The van der Waals surface area contributed by atoms with Gasteiger partial charge in [-0.25, -0.2) is 4.99 Å². The van der Waals surface area contributed by atoms with E-state index in [1.54, 1.807) is 31.4 Å². The molecule has 24 heavy (non-hydrogen) atoms. The largest absolute Gasteiger partial charge is 0.497 e. The van der Waals surface area contributed by atoms with Gasteiger partial charge in [-0.05, 0) is 53.7 Å². The van der Waals surface area contributed by atoms with Gasteiger partial charge in [-0.15, -0.1) is 0 Å². The van der Waals surface area contributed by atoms with Crippen LogP contribution in [0.1, 0.15) is 5.56 Å². The van der Waals surface area contributed by atoms with Crippen LogP contribution in [0.5, 0.6) is 5.75 Å². The van der Waals surface area contributed by atoms with Crippen LogP contribution in [0.25, 0.3) is 6.08 Å².